The third-order valence-corrected chi connectivity index (χ3v) is 5.85. The van der Waals surface area contributed by atoms with E-state index >= 15 is 0 Å². The minimum Gasteiger partial charge on any atom is -0.508 e. The van der Waals surface area contributed by atoms with E-state index in [4.69, 9.17) is 10.8 Å². The SMILES string of the molecule is CC(C)C(NC(=O)C(N)Cc1ccc(O)cc1)C(=O)NC(Cc1cnc[nH]1)C(=O)NC(CCC(=O)O)C(=O)O. The summed E-state index contributed by atoms with van der Waals surface area (Å²) in [5.41, 5.74) is 7.20. The summed E-state index contributed by atoms with van der Waals surface area (Å²) in [4.78, 5) is 68.1. The summed E-state index contributed by atoms with van der Waals surface area (Å²) in [6, 6.07) is 1.32. The molecule has 0 saturated carbocycles. The number of phenols is 1. The van der Waals surface area contributed by atoms with Crippen molar-refractivity contribution in [2.75, 3.05) is 0 Å². The van der Waals surface area contributed by atoms with Crippen molar-refractivity contribution >= 4 is 29.7 Å². The number of carboxylic acid groups (broad SMARTS) is 2. The molecule has 2 rings (SSSR count). The molecule has 0 aliphatic heterocycles. The average Bonchev–Trinajstić information content (AvgIpc) is 3.38. The fourth-order valence-electron chi connectivity index (χ4n) is 3.66. The first kappa shape index (κ1) is 30.8. The topological polar surface area (TPSA) is 237 Å². The van der Waals surface area contributed by atoms with Crippen molar-refractivity contribution in [2.45, 2.75) is 63.7 Å². The Morgan fingerprint density at radius 1 is 0.923 bits per heavy atom. The first-order valence-electron chi connectivity index (χ1n) is 12.2. The minimum absolute atomic E-state index is 0.0681. The normalized spacial score (nSPS) is 14.1. The molecule has 14 heteroatoms. The zero-order chi connectivity index (χ0) is 29.1. The number of nitrogens with two attached hydrogens (primary N) is 1. The second-order valence-electron chi connectivity index (χ2n) is 9.38. The highest BCUT2D eigenvalue weighted by molar-refractivity contribution is 5.94. The van der Waals surface area contributed by atoms with Crippen molar-refractivity contribution in [3.63, 3.8) is 0 Å². The molecule has 0 spiro atoms. The third kappa shape index (κ3) is 10.1. The number of amides is 3. The van der Waals surface area contributed by atoms with Crippen molar-refractivity contribution in [2.24, 2.45) is 11.7 Å². The number of aromatic nitrogens is 2. The molecule has 3 amide bonds. The number of phenolic OH excluding ortho intramolecular Hbond substituents is 1. The molecule has 0 radical (unpaired) electrons. The number of aromatic amines is 1. The van der Waals surface area contributed by atoms with E-state index in [1.165, 1.54) is 24.7 Å². The Labute approximate surface area is 224 Å². The molecule has 0 aliphatic carbocycles. The van der Waals surface area contributed by atoms with Gasteiger partial charge in [0, 0.05) is 24.7 Å². The van der Waals surface area contributed by atoms with Gasteiger partial charge in [-0.3, -0.25) is 19.2 Å². The molecule has 1 heterocycles. The molecule has 1 aromatic carbocycles. The minimum atomic E-state index is -1.49. The molecule has 14 nitrogen and oxygen atoms in total. The lowest BCUT2D eigenvalue weighted by Gasteiger charge is -2.27. The van der Waals surface area contributed by atoms with Crippen LogP contribution in [0.1, 0.15) is 37.9 Å². The molecule has 0 fully saturated rings. The number of hydrogen-bond donors (Lipinski definition) is 8. The number of aromatic hydroxyl groups is 1. The van der Waals surface area contributed by atoms with Gasteiger partial charge in [0.2, 0.25) is 17.7 Å². The first-order valence-corrected chi connectivity index (χ1v) is 12.2. The molecule has 2 aromatic rings. The van der Waals surface area contributed by atoms with Crippen LogP contribution in [0.4, 0.5) is 0 Å². The van der Waals surface area contributed by atoms with Gasteiger partial charge in [-0.2, -0.15) is 0 Å². The number of carboxylic acids is 2. The van der Waals surface area contributed by atoms with Gasteiger partial charge in [-0.15, -0.1) is 0 Å². The van der Waals surface area contributed by atoms with Crippen LogP contribution in [0.5, 0.6) is 5.75 Å². The van der Waals surface area contributed by atoms with Gasteiger partial charge in [-0.25, -0.2) is 9.78 Å². The average molecular weight is 547 g/mol. The Balaban J connectivity index is 2.14. The van der Waals surface area contributed by atoms with E-state index in [1.807, 2.05) is 0 Å². The van der Waals surface area contributed by atoms with Gasteiger partial charge in [-0.1, -0.05) is 26.0 Å². The van der Waals surface area contributed by atoms with Crippen molar-refractivity contribution < 1.29 is 39.3 Å². The summed E-state index contributed by atoms with van der Waals surface area (Å²) in [6.45, 7) is 3.37. The summed E-state index contributed by atoms with van der Waals surface area (Å²) in [5.74, 6) is -5.15. The maximum absolute atomic E-state index is 13.2. The van der Waals surface area contributed by atoms with Gasteiger partial charge < -0.3 is 42.0 Å². The van der Waals surface area contributed by atoms with E-state index in [2.05, 4.69) is 25.9 Å². The number of hydrogen-bond acceptors (Lipinski definition) is 8. The number of H-pyrrole nitrogens is 1. The second kappa shape index (κ2) is 14.5. The van der Waals surface area contributed by atoms with Crippen molar-refractivity contribution in [3.05, 3.63) is 48.0 Å². The number of benzene rings is 1. The van der Waals surface area contributed by atoms with E-state index < -0.39 is 66.2 Å². The van der Waals surface area contributed by atoms with Crippen LogP contribution < -0.4 is 21.7 Å². The van der Waals surface area contributed by atoms with Gasteiger partial charge in [0.15, 0.2) is 0 Å². The maximum atomic E-state index is 13.2. The first-order chi connectivity index (χ1) is 18.4. The molecule has 212 valence electrons. The predicted molar refractivity (Wildman–Crippen MR) is 137 cm³/mol. The van der Waals surface area contributed by atoms with E-state index in [0.29, 0.717) is 11.3 Å². The van der Waals surface area contributed by atoms with E-state index in [9.17, 15) is 34.2 Å². The Kier molecular flexibility index (Phi) is 11.4. The quantitative estimate of drug-likeness (QED) is 0.140. The molecule has 9 N–H and O–H groups in total. The molecule has 1 aromatic heterocycles. The summed E-state index contributed by atoms with van der Waals surface area (Å²) >= 11 is 0. The number of nitrogens with zero attached hydrogens (tertiary/aromatic N) is 1. The molecular weight excluding hydrogens is 512 g/mol. The third-order valence-electron chi connectivity index (χ3n) is 5.85. The molecule has 39 heavy (non-hydrogen) atoms. The number of carbonyl (C=O) groups is 5. The van der Waals surface area contributed by atoms with Crippen LogP contribution in [0.15, 0.2) is 36.8 Å². The molecule has 0 saturated heterocycles. The standard InChI is InChI=1S/C25H34N6O8/c1-13(2)21(31-22(35)17(26)9-14-3-5-16(32)6-4-14)24(37)30-19(10-15-11-27-12-28-15)23(36)29-18(25(38)39)7-8-20(33)34/h3-6,11-13,17-19,21,32H,7-10,26H2,1-2H3,(H,27,28)(H,29,36)(H,30,37)(H,31,35)(H,33,34)(H,38,39). The fourth-order valence-corrected chi connectivity index (χ4v) is 3.66. The van der Waals surface area contributed by atoms with Gasteiger partial charge in [0.05, 0.1) is 12.4 Å². The fraction of sp³-hybridized carbons (Fsp3) is 0.440. The van der Waals surface area contributed by atoms with E-state index in [-0.39, 0.29) is 25.0 Å². The van der Waals surface area contributed by atoms with E-state index in [1.54, 1.807) is 26.0 Å². The monoisotopic (exact) mass is 546 g/mol. The zero-order valence-electron chi connectivity index (χ0n) is 21.6. The van der Waals surface area contributed by atoms with Crippen LogP contribution in [0.25, 0.3) is 0 Å². The molecular formula is C25H34N6O8. The van der Waals surface area contributed by atoms with Crippen LogP contribution in [-0.4, -0.2) is 79.1 Å². The molecule has 0 aliphatic rings. The zero-order valence-corrected chi connectivity index (χ0v) is 21.6. The highest BCUT2D eigenvalue weighted by Crippen LogP contribution is 2.12. The number of aliphatic carboxylic acids is 2. The Bertz CT molecular complexity index is 1140. The summed E-state index contributed by atoms with van der Waals surface area (Å²) in [7, 11) is 0. The van der Waals surface area contributed by atoms with Crippen LogP contribution in [0.3, 0.4) is 0 Å². The summed E-state index contributed by atoms with van der Waals surface area (Å²) < 4.78 is 0. The largest absolute Gasteiger partial charge is 0.508 e. The van der Waals surface area contributed by atoms with Crippen LogP contribution in [0.2, 0.25) is 0 Å². The number of imidazole rings is 1. The van der Waals surface area contributed by atoms with Crippen LogP contribution in [-0.2, 0) is 36.8 Å². The Morgan fingerprint density at radius 3 is 2.10 bits per heavy atom. The lowest BCUT2D eigenvalue weighted by Crippen LogP contribution is -2.59. The van der Waals surface area contributed by atoms with Gasteiger partial charge >= 0.3 is 11.9 Å². The van der Waals surface area contributed by atoms with Crippen molar-refractivity contribution in [1.82, 2.24) is 25.9 Å². The van der Waals surface area contributed by atoms with Crippen molar-refractivity contribution in [1.29, 1.82) is 0 Å². The molecule has 4 unspecified atom stereocenters. The lowest BCUT2D eigenvalue weighted by atomic mass is 10.0. The van der Waals surface area contributed by atoms with Crippen molar-refractivity contribution in [3.8, 4) is 5.75 Å². The number of nitrogens with one attached hydrogen (secondary N) is 4. The smallest absolute Gasteiger partial charge is 0.326 e. The van der Waals surface area contributed by atoms with Gasteiger partial charge in [0.25, 0.3) is 0 Å². The maximum Gasteiger partial charge on any atom is 0.326 e. The predicted octanol–water partition coefficient (Wildman–Crippen LogP) is -0.712. The second-order valence-corrected chi connectivity index (χ2v) is 9.38. The van der Waals surface area contributed by atoms with Gasteiger partial charge in [-0.05, 0) is 36.5 Å². The lowest BCUT2D eigenvalue weighted by molar-refractivity contribution is -0.143. The molecule has 0 bridgehead atoms. The number of rotatable bonds is 15. The van der Waals surface area contributed by atoms with Crippen LogP contribution in [0, 0.1) is 5.92 Å². The molecule has 4 atom stereocenters. The van der Waals surface area contributed by atoms with Gasteiger partial charge in [0.1, 0.15) is 23.9 Å². The highest BCUT2D eigenvalue weighted by atomic mass is 16.4. The van der Waals surface area contributed by atoms with E-state index in [0.717, 1.165) is 0 Å². The summed E-state index contributed by atoms with van der Waals surface area (Å²) in [6.07, 6.45) is 2.02. The Morgan fingerprint density at radius 2 is 1.56 bits per heavy atom. The summed E-state index contributed by atoms with van der Waals surface area (Å²) in [5, 5.41) is 35.1. The highest BCUT2D eigenvalue weighted by Gasteiger charge is 2.32. The Hall–Kier alpha value is -4.46. The van der Waals surface area contributed by atoms with Crippen LogP contribution >= 0.6 is 0 Å². The number of carbonyl (C=O) groups excluding carboxylic acids is 3.